The van der Waals surface area contributed by atoms with Crippen molar-refractivity contribution in [3.05, 3.63) is 24.3 Å². The van der Waals surface area contributed by atoms with Crippen molar-refractivity contribution < 1.29 is 81.3 Å². The minimum absolute atomic E-state index is 0.0270. The summed E-state index contributed by atoms with van der Waals surface area (Å²) < 4.78 is 96.4. The lowest BCUT2D eigenvalue weighted by Gasteiger charge is -2.54. The molecule has 14 heterocycles. The summed E-state index contributed by atoms with van der Waals surface area (Å²) in [7, 11) is 0. The molecule has 10 bridgehead atoms. The smallest absolute Gasteiger partial charge is 0.308 e. The van der Waals surface area contributed by atoms with Gasteiger partial charge >= 0.3 is 5.97 Å². The fraction of sp³-hybridized carbons (Fsp3) is 0.915. The normalized spacial score (nSPS) is 57.3. The molecule has 14 rings (SSSR count). The molecular weight excluding hydrogens is 995 g/mol. The monoisotopic (exact) mass is 1080 g/mol. The summed E-state index contributed by atoms with van der Waals surface area (Å²) in [6.45, 7) is 18.3. The minimum atomic E-state index is -0.990. The van der Waals surface area contributed by atoms with Crippen LogP contribution in [-0.2, 0) is 71.1 Å². The summed E-state index contributed by atoms with van der Waals surface area (Å²) in [4.78, 5) is 14.5. The van der Waals surface area contributed by atoms with Crippen molar-refractivity contribution in [1.82, 2.24) is 0 Å². The molecule has 14 aliphatic rings. The number of rotatable bonds is 2. The Morgan fingerprint density at radius 1 is 0.506 bits per heavy atom. The molecule has 77 heavy (non-hydrogen) atoms. The van der Waals surface area contributed by atoms with Gasteiger partial charge in [0.05, 0.1) is 129 Å². The standard InChI is InChI=1S/C59H87NO17/c1-27-15-33-7-9-38-28(2)16-35(64-38)11-13-57-24-37(62)55(77-57)45-21-47(73-57)56-40(67-45)10-8-34(66-56)17-50(63)71-54-32(6)53-44(68-43(54)19-41(65-33)31(27)5)20-42-48(70-53)25-59(72-42)26-49-52(76-59)30(4)23-58(75-49)22-29(3)51-46(74-58)18-36(61)39(69-51)12-14-60/h27,29-30,32-49,51-56,61-62H,2,5,7-26,60H2,1,3-4,6H3/t27-,29+,30+,32+,33+,34-,35+,36-,37+,38+,39-,40+,41-,42-,43+,44+,45-,46+,47-,48-,49+,51+,52+,53+,54-,55+,56+,57-,58-,59+/m1/s1. The number of hydrogen-bond donors (Lipinski definition) is 3. The predicted octanol–water partition coefficient (Wildman–Crippen LogP) is 5.51. The summed E-state index contributed by atoms with van der Waals surface area (Å²) in [6.07, 6.45) is 3.95. The van der Waals surface area contributed by atoms with Crippen molar-refractivity contribution in [2.45, 2.75) is 307 Å². The van der Waals surface area contributed by atoms with Crippen LogP contribution in [0.2, 0.25) is 0 Å². The van der Waals surface area contributed by atoms with Crippen molar-refractivity contribution in [3.63, 3.8) is 0 Å². The molecule has 0 aromatic carbocycles. The van der Waals surface area contributed by atoms with E-state index in [0.717, 1.165) is 36.8 Å². The Hall–Kier alpha value is -1.69. The van der Waals surface area contributed by atoms with Crippen molar-refractivity contribution in [3.8, 4) is 0 Å². The molecule has 18 heteroatoms. The average Bonchev–Trinajstić information content (AvgIpc) is 4.34. The maximum atomic E-state index is 14.5. The molecule has 14 saturated heterocycles. The molecule has 4 N–H and O–H groups in total. The first-order valence-electron chi connectivity index (χ1n) is 30.3. The van der Waals surface area contributed by atoms with Gasteiger partial charge in [-0.05, 0) is 86.8 Å². The third-order valence-corrected chi connectivity index (χ3v) is 21.3. The van der Waals surface area contributed by atoms with E-state index >= 15 is 0 Å². The van der Waals surface area contributed by atoms with Crippen molar-refractivity contribution >= 4 is 5.97 Å². The molecular formula is C59H87NO17. The Balaban J connectivity index is 0.691. The van der Waals surface area contributed by atoms with E-state index in [4.69, 9.17) is 72.0 Å². The van der Waals surface area contributed by atoms with E-state index in [1.54, 1.807) is 0 Å². The number of aliphatic hydroxyl groups excluding tert-OH is 2. The maximum Gasteiger partial charge on any atom is 0.308 e. The average molecular weight is 1080 g/mol. The second-order valence-electron chi connectivity index (χ2n) is 26.9. The van der Waals surface area contributed by atoms with Crippen LogP contribution >= 0.6 is 0 Å². The number of fused-ring (bicyclic) bond motifs is 13. The second kappa shape index (κ2) is 20.3. The molecule has 14 fully saturated rings. The first kappa shape index (κ1) is 53.3. The van der Waals surface area contributed by atoms with Gasteiger partial charge in [-0.25, -0.2) is 0 Å². The Bertz CT molecular complexity index is 2240. The molecule has 0 amide bonds. The molecule has 0 aliphatic carbocycles. The molecule has 0 saturated carbocycles. The van der Waals surface area contributed by atoms with Crippen LogP contribution < -0.4 is 5.73 Å². The topological polar surface area (TPSA) is 213 Å². The second-order valence-corrected chi connectivity index (χ2v) is 26.9. The highest BCUT2D eigenvalue weighted by Crippen LogP contribution is 2.56. The number of hydrogen-bond acceptors (Lipinski definition) is 18. The number of aliphatic hydroxyl groups is 2. The first-order chi connectivity index (χ1) is 37.0. The van der Waals surface area contributed by atoms with Crippen LogP contribution in [0.1, 0.15) is 150 Å². The number of carbonyl (C=O) groups is 1. The summed E-state index contributed by atoms with van der Waals surface area (Å²) in [5, 5.41) is 22.3. The molecule has 30 atom stereocenters. The van der Waals surface area contributed by atoms with Crippen LogP contribution in [0, 0.1) is 23.7 Å². The van der Waals surface area contributed by atoms with Crippen LogP contribution in [0.5, 0.6) is 0 Å². The molecule has 0 unspecified atom stereocenters. The number of esters is 1. The van der Waals surface area contributed by atoms with Crippen molar-refractivity contribution in [2.24, 2.45) is 29.4 Å². The van der Waals surface area contributed by atoms with E-state index < -0.39 is 60.1 Å². The van der Waals surface area contributed by atoms with Gasteiger partial charge in [0.15, 0.2) is 17.4 Å². The molecule has 18 nitrogen and oxygen atoms in total. The summed E-state index contributed by atoms with van der Waals surface area (Å²) in [5.74, 6) is -2.76. The van der Waals surface area contributed by atoms with Gasteiger partial charge in [0.2, 0.25) is 0 Å². The van der Waals surface area contributed by atoms with Crippen LogP contribution in [0.3, 0.4) is 0 Å². The molecule has 0 radical (unpaired) electrons. The summed E-state index contributed by atoms with van der Waals surface area (Å²) in [5.41, 5.74) is 7.99. The zero-order valence-electron chi connectivity index (χ0n) is 45.7. The van der Waals surface area contributed by atoms with E-state index in [9.17, 15) is 15.0 Å². The van der Waals surface area contributed by atoms with Crippen LogP contribution in [0.25, 0.3) is 0 Å². The lowest BCUT2D eigenvalue weighted by Crippen LogP contribution is -2.62. The highest BCUT2D eigenvalue weighted by atomic mass is 16.8. The maximum absolute atomic E-state index is 14.5. The molecule has 430 valence electrons. The summed E-state index contributed by atoms with van der Waals surface area (Å²) in [6, 6.07) is 0. The van der Waals surface area contributed by atoms with Crippen LogP contribution in [-0.4, -0.2) is 180 Å². The minimum Gasteiger partial charge on any atom is -0.459 e. The zero-order chi connectivity index (χ0) is 52.9. The third-order valence-electron chi connectivity index (χ3n) is 21.3. The van der Waals surface area contributed by atoms with Crippen molar-refractivity contribution in [2.75, 3.05) is 6.54 Å². The van der Waals surface area contributed by atoms with Crippen LogP contribution in [0.15, 0.2) is 24.3 Å². The van der Waals surface area contributed by atoms with Gasteiger partial charge in [-0.3, -0.25) is 4.79 Å². The van der Waals surface area contributed by atoms with Gasteiger partial charge in [0.25, 0.3) is 0 Å². The third kappa shape index (κ3) is 9.68. The largest absolute Gasteiger partial charge is 0.459 e. The molecule has 0 aromatic rings. The van der Waals surface area contributed by atoms with Crippen molar-refractivity contribution in [1.29, 1.82) is 0 Å². The fourth-order valence-corrected chi connectivity index (χ4v) is 17.6. The Kier molecular flexibility index (Phi) is 14.0. The van der Waals surface area contributed by atoms with Gasteiger partial charge < -0.3 is 82.3 Å². The van der Waals surface area contributed by atoms with E-state index in [1.807, 2.05) is 0 Å². The number of ether oxygens (including phenoxy) is 14. The summed E-state index contributed by atoms with van der Waals surface area (Å²) >= 11 is 0. The fourth-order valence-electron chi connectivity index (χ4n) is 17.6. The quantitative estimate of drug-likeness (QED) is 0.230. The van der Waals surface area contributed by atoms with Gasteiger partial charge in [-0.15, -0.1) is 0 Å². The van der Waals surface area contributed by atoms with Gasteiger partial charge in [0.1, 0.15) is 18.3 Å². The lowest BCUT2D eigenvalue weighted by atomic mass is 9.78. The molecule has 0 aromatic heterocycles. The lowest BCUT2D eigenvalue weighted by molar-refractivity contribution is -0.371. The first-order valence-corrected chi connectivity index (χ1v) is 30.3. The molecule has 3 spiro atoms. The van der Waals surface area contributed by atoms with E-state index in [1.165, 1.54) is 0 Å². The zero-order valence-corrected chi connectivity index (χ0v) is 45.7. The van der Waals surface area contributed by atoms with Gasteiger partial charge in [0, 0.05) is 70.1 Å². The number of carbonyl (C=O) groups excluding carboxylic acids is 1. The van der Waals surface area contributed by atoms with E-state index in [0.29, 0.717) is 96.4 Å². The van der Waals surface area contributed by atoms with E-state index in [2.05, 4.69) is 40.9 Å². The van der Waals surface area contributed by atoms with E-state index in [-0.39, 0.29) is 134 Å². The van der Waals surface area contributed by atoms with Gasteiger partial charge in [-0.2, -0.15) is 0 Å². The van der Waals surface area contributed by atoms with Gasteiger partial charge in [-0.1, -0.05) is 40.9 Å². The Morgan fingerprint density at radius 3 is 2.01 bits per heavy atom. The number of nitrogens with two attached hydrogens (primary N) is 1. The Morgan fingerprint density at radius 2 is 1.17 bits per heavy atom. The molecule has 14 aliphatic heterocycles. The predicted molar refractivity (Wildman–Crippen MR) is 272 cm³/mol. The Labute approximate surface area is 453 Å². The highest BCUT2D eigenvalue weighted by Gasteiger charge is 2.66. The SMILES string of the molecule is C=C1C[C@@H]2CC[C@]34C[C@H](O)[C@H](O3)[C@H]3C[C@@H](O4)[C@H]4O[C@H](CC[C@@H]4O3)CC(=O)O[C@@H]3[C@@H](C)[C@@H]4O[C@@H]5C[C@]6(C[C@@H]7O[C@]8(C[C@H](C)[C@@H]9O[C@H](CCN)[C@H](O)C[C@@H]9O8)C[C@H](C)[C@@H]7O6)O[C@@H]5C[C@@H]4O[C@H]3C[C@H]3O[C@@H](CC[C@@H]1O2)C[C@@H](C)C3=C. The highest BCUT2D eigenvalue weighted by molar-refractivity contribution is 5.70. The van der Waals surface area contributed by atoms with Crippen LogP contribution in [0.4, 0.5) is 0 Å².